The van der Waals surface area contributed by atoms with Gasteiger partial charge in [0, 0.05) is 18.8 Å². The topological polar surface area (TPSA) is 59.0 Å². The van der Waals surface area contributed by atoms with Crippen LogP contribution in [-0.2, 0) is 6.18 Å². The molecule has 0 spiro atoms. The van der Waals surface area contributed by atoms with Crippen molar-refractivity contribution in [3.05, 3.63) is 47.8 Å². The van der Waals surface area contributed by atoms with Crippen LogP contribution in [0.1, 0.15) is 22.5 Å². The van der Waals surface area contributed by atoms with Crippen molar-refractivity contribution in [1.29, 1.82) is 0 Å². The lowest BCUT2D eigenvalue weighted by molar-refractivity contribution is -0.137. The molecule has 1 atom stereocenters. The number of amides is 1. The standard InChI is InChI=1S/C15H15F3N4O.ClH/c16-15(17,18)10-2-1-3-12(8-10)22-7-5-13(21-22)14(23)20-11-4-6-19-9-11;/h1-3,5,7-8,11,19H,4,6,9H2,(H,20,23);1H. The Morgan fingerprint density at radius 2 is 2.12 bits per heavy atom. The van der Waals surface area contributed by atoms with Crippen molar-refractivity contribution in [2.45, 2.75) is 18.6 Å². The molecule has 1 fully saturated rings. The Morgan fingerprint density at radius 3 is 2.79 bits per heavy atom. The molecule has 1 aliphatic heterocycles. The van der Waals surface area contributed by atoms with Crippen LogP contribution < -0.4 is 10.6 Å². The van der Waals surface area contributed by atoms with Gasteiger partial charge >= 0.3 is 6.18 Å². The van der Waals surface area contributed by atoms with Gasteiger partial charge in [-0.1, -0.05) is 6.07 Å². The molecule has 1 amide bonds. The second-order valence-electron chi connectivity index (χ2n) is 5.36. The van der Waals surface area contributed by atoms with Gasteiger partial charge < -0.3 is 10.6 Å². The van der Waals surface area contributed by atoms with E-state index in [1.54, 1.807) is 0 Å². The van der Waals surface area contributed by atoms with Crippen LogP contribution in [0.15, 0.2) is 36.5 Å². The number of carbonyl (C=O) groups excluding carboxylic acids is 1. The predicted molar refractivity (Wildman–Crippen MR) is 84.6 cm³/mol. The highest BCUT2D eigenvalue weighted by atomic mass is 35.5. The number of benzene rings is 1. The Balaban J connectivity index is 0.00000208. The summed E-state index contributed by atoms with van der Waals surface area (Å²) in [6.07, 6.45) is -2.10. The molecule has 1 aromatic heterocycles. The fraction of sp³-hybridized carbons (Fsp3) is 0.333. The van der Waals surface area contributed by atoms with Crippen molar-refractivity contribution in [1.82, 2.24) is 20.4 Å². The number of nitrogens with zero attached hydrogens (tertiary/aromatic N) is 2. The van der Waals surface area contributed by atoms with Crippen LogP contribution in [0, 0.1) is 0 Å². The molecule has 1 unspecified atom stereocenters. The molecule has 0 bridgehead atoms. The number of aromatic nitrogens is 2. The van der Waals surface area contributed by atoms with Gasteiger partial charge in [-0.15, -0.1) is 12.4 Å². The van der Waals surface area contributed by atoms with Gasteiger partial charge in [0.15, 0.2) is 5.69 Å². The van der Waals surface area contributed by atoms with E-state index in [1.165, 1.54) is 29.1 Å². The van der Waals surface area contributed by atoms with E-state index in [0.29, 0.717) is 6.54 Å². The zero-order chi connectivity index (χ0) is 16.4. The molecule has 0 radical (unpaired) electrons. The predicted octanol–water partition coefficient (Wildman–Crippen LogP) is 2.40. The average Bonchev–Trinajstić information content (AvgIpc) is 3.17. The first-order chi connectivity index (χ1) is 10.9. The molecular weight excluding hydrogens is 345 g/mol. The van der Waals surface area contributed by atoms with Crippen molar-refractivity contribution in [2.75, 3.05) is 13.1 Å². The number of alkyl halides is 3. The number of rotatable bonds is 3. The van der Waals surface area contributed by atoms with Crippen molar-refractivity contribution >= 4 is 18.3 Å². The van der Waals surface area contributed by atoms with Crippen molar-refractivity contribution in [3.8, 4) is 5.69 Å². The van der Waals surface area contributed by atoms with E-state index in [1.807, 2.05) is 0 Å². The lowest BCUT2D eigenvalue weighted by Gasteiger charge is -2.10. The molecule has 2 aromatic rings. The molecule has 1 aromatic carbocycles. The SMILES string of the molecule is Cl.O=C(NC1CCNC1)c1ccn(-c2cccc(C(F)(F)F)c2)n1. The molecule has 2 N–H and O–H groups in total. The lowest BCUT2D eigenvalue weighted by atomic mass is 10.2. The van der Waals surface area contributed by atoms with Crippen molar-refractivity contribution in [3.63, 3.8) is 0 Å². The van der Waals surface area contributed by atoms with Gasteiger partial charge in [0.25, 0.3) is 5.91 Å². The number of nitrogens with one attached hydrogen (secondary N) is 2. The molecule has 0 aliphatic carbocycles. The van der Waals surface area contributed by atoms with Gasteiger partial charge in [-0.2, -0.15) is 18.3 Å². The minimum Gasteiger partial charge on any atom is -0.347 e. The number of carbonyl (C=O) groups is 1. The minimum atomic E-state index is -4.42. The first-order valence-corrected chi connectivity index (χ1v) is 7.18. The Hall–Kier alpha value is -2.06. The minimum absolute atomic E-state index is 0. The van der Waals surface area contributed by atoms with Gasteiger partial charge in [0.2, 0.25) is 0 Å². The monoisotopic (exact) mass is 360 g/mol. The summed E-state index contributed by atoms with van der Waals surface area (Å²) in [6, 6.07) is 6.34. The molecule has 5 nitrogen and oxygen atoms in total. The van der Waals surface area contributed by atoms with E-state index >= 15 is 0 Å². The Kier molecular flexibility index (Phi) is 5.51. The van der Waals surface area contributed by atoms with Crippen molar-refractivity contribution in [2.24, 2.45) is 0 Å². The highest BCUT2D eigenvalue weighted by Crippen LogP contribution is 2.30. The van der Waals surface area contributed by atoms with Crippen LogP contribution in [0.5, 0.6) is 0 Å². The van der Waals surface area contributed by atoms with Gasteiger partial charge in [-0.05, 0) is 37.2 Å². The highest BCUT2D eigenvalue weighted by molar-refractivity contribution is 5.92. The third-order valence-electron chi connectivity index (χ3n) is 3.66. The summed E-state index contributed by atoms with van der Waals surface area (Å²) >= 11 is 0. The zero-order valence-corrected chi connectivity index (χ0v) is 13.3. The second kappa shape index (κ2) is 7.23. The third kappa shape index (κ3) is 4.07. The van der Waals surface area contributed by atoms with E-state index in [2.05, 4.69) is 15.7 Å². The Morgan fingerprint density at radius 1 is 1.33 bits per heavy atom. The largest absolute Gasteiger partial charge is 0.416 e. The normalized spacial score (nSPS) is 17.4. The van der Waals surface area contributed by atoms with E-state index < -0.39 is 11.7 Å². The Bertz CT molecular complexity index is 711. The van der Waals surface area contributed by atoms with E-state index in [4.69, 9.17) is 0 Å². The summed E-state index contributed by atoms with van der Waals surface area (Å²) in [4.78, 5) is 12.1. The van der Waals surface area contributed by atoms with Crippen LogP contribution >= 0.6 is 12.4 Å². The first kappa shape index (κ1) is 18.3. The summed E-state index contributed by atoms with van der Waals surface area (Å²) in [6.45, 7) is 1.56. The maximum Gasteiger partial charge on any atom is 0.416 e. The lowest BCUT2D eigenvalue weighted by Crippen LogP contribution is -2.36. The second-order valence-corrected chi connectivity index (χ2v) is 5.36. The fourth-order valence-electron chi connectivity index (χ4n) is 2.45. The molecule has 9 heteroatoms. The molecule has 0 saturated carbocycles. The third-order valence-corrected chi connectivity index (χ3v) is 3.66. The van der Waals surface area contributed by atoms with Gasteiger partial charge in [-0.25, -0.2) is 4.68 Å². The van der Waals surface area contributed by atoms with Gasteiger partial charge in [0.1, 0.15) is 0 Å². The van der Waals surface area contributed by atoms with Crippen LogP contribution in [0.25, 0.3) is 5.69 Å². The summed E-state index contributed by atoms with van der Waals surface area (Å²) in [5, 5.41) is 10.0. The summed E-state index contributed by atoms with van der Waals surface area (Å²) in [5.41, 5.74) is -0.329. The highest BCUT2D eigenvalue weighted by Gasteiger charge is 2.30. The molecule has 2 heterocycles. The summed E-state index contributed by atoms with van der Waals surface area (Å²) in [5.74, 6) is -0.329. The quantitative estimate of drug-likeness (QED) is 0.883. The van der Waals surface area contributed by atoms with Crippen LogP contribution in [0.3, 0.4) is 0 Å². The van der Waals surface area contributed by atoms with Gasteiger partial charge in [-0.3, -0.25) is 4.79 Å². The fourth-order valence-corrected chi connectivity index (χ4v) is 2.45. The smallest absolute Gasteiger partial charge is 0.347 e. The number of halogens is 4. The molecule has 130 valence electrons. The molecular formula is C15H16ClF3N4O. The van der Waals surface area contributed by atoms with E-state index in [-0.39, 0.29) is 35.7 Å². The van der Waals surface area contributed by atoms with Gasteiger partial charge in [0.05, 0.1) is 11.3 Å². The van der Waals surface area contributed by atoms with Crippen molar-refractivity contribution < 1.29 is 18.0 Å². The molecule has 1 saturated heterocycles. The maximum atomic E-state index is 12.7. The maximum absolute atomic E-state index is 12.7. The summed E-state index contributed by atoms with van der Waals surface area (Å²) < 4.78 is 39.5. The Labute approximate surface area is 142 Å². The van der Waals surface area contributed by atoms with E-state index in [9.17, 15) is 18.0 Å². The molecule has 3 rings (SSSR count). The molecule has 24 heavy (non-hydrogen) atoms. The summed E-state index contributed by atoms with van der Waals surface area (Å²) in [7, 11) is 0. The molecule has 1 aliphatic rings. The van der Waals surface area contributed by atoms with Crippen LogP contribution in [-0.4, -0.2) is 34.8 Å². The zero-order valence-electron chi connectivity index (χ0n) is 12.5. The van der Waals surface area contributed by atoms with E-state index in [0.717, 1.165) is 25.1 Å². The average molecular weight is 361 g/mol. The number of hydrogen-bond donors (Lipinski definition) is 2. The number of hydrogen-bond acceptors (Lipinski definition) is 3. The van der Waals surface area contributed by atoms with Crippen LogP contribution in [0.4, 0.5) is 13.2 Å². The van der Waals surface area contributed by atoms with Crippen LogP contribution in [0.2, 0.25) is 0 Å². The first-order valence-electron chi connectivity index (χ1n) is 7.18.